The van der Waals surface area contributed by atoms with E-state index in [0.29, 0.717) is 24.5 Å². The van der Waals surface area contributed by atoms with Crippen LogP contribution in [0.2, 0.25) is 0 Å². The van der Waals surface area contributed by atoms with Crippen LogP contribution >= 0.6 is 0 Å². The lowest BCUT2D eigenvalue weighted by atomic mass is 10.1. The Labute approximate surface area is 146 Å². The Morgan fingerprint density at radius 2 is 1.96 bits per heavy atom. The summed E-state index contributed by atoms with van der Waals surface area (Å²) < 4.78 is 5.57. The van der Waals surface area contributed by atoms with Gasteiger partial charge in [0.25, 0.3) is 5.91 Å². The number of carboxylic acid groups (broad SMARTS) is 1. The molecule has 1 atom stereocenters. The van der Waals surface area contributed by atoms with Gasteiger partial charge in [0.1, 0.15) is 12.3 Å². The number of piperidine rings is 1. The molecular formula is C18H22N2O5. The molecular weight excluding hydrogens is 324 g/mol. The van der Waals surface area contributed by atoms with Gasteiger partial charge in [-0.25, -0.2) is 0 Å². The highest BCUT2D eigenvalue weighted by Crippen LogP contribution is 2.35. The van der Waals surface area contributed by atoms with Crippen molar-refractivity contribution in [2.24, 2.45) is 0 Å². The number of benzene rings is 1. The summed E-state index contributed by atoms with van der Waals surface area (Å²) in [5.74, 6) is -1.28. The Morgan fingerprint density at radius 1 is 1.24 bits per heavy atom. The zero-order valence-corrected chi connectivity index (χ0v) is 14.2. The molecule has 0 aromatic heterocycles. The maximum atomic E-state index is 12.7. The lowest BCUT2D eigenvalue weighted by molar-refractivity contribution is -0.142. The number of anilines is 1. The lowest BCUT2D eigenvalue weighted by Crippen LogP contribution is -2.51. The van der Waals surface area contributed by atoms with Crippen LogP contribution in [0.4, 0.5) is 5.69 Å². The average Bonchev–Trinajstić information content (AvgIpc) is 2.59. The van der Waals surface area contributed by atoms with Gasteiger partial charge in [-0.15, -0.1) is 0 Å². The molecule has 2 heterocycles. The van der Waals surface area contributed by atoms with E-state index in [-0.39, 0.29) is 12.5 Å². The van der Waals surface area contributed by atoms with E-state index in [9.17, 15) is 14.4 Å². The third-order valence-corrected chi connectivity index (χ3v) is 4.58. The van der Waals surface area contributed by atoms with Gasteiger partial charge in [-0.2, -0.15) is 0 Å². The second kappa shape index (κ2) is 7.13. The van der Waals surface area contributed by atoms with E-state index in [1.54, 1.807) is 17.0 Å². The maximum Gasteiger partial charge on any atom is 0.307 e. The van der Waals surface area contributed by atoms with Crippen molar-refractivity contribution in [2.45, 2.75) is 38.7 Å². The normalized spacial score (nSPS) is 20.0. The molecule has 0 radical (unpaired) electrons. The SMILES string of the molecule is Cc1ccc2c(c1)N(CC(=O)N1CCCCC1)C(=O)C(CC(=O)O)O2. The van der Waals surface area contributed by atoms with Crippen LogP contribution in [0.3, 0.4) is 0 Å². The molecule has 1 aromatic carbocycles. The van der Waals surface area contributed by atoms with E-state index < -0.39 is 24.4 Å². The van der Waals surface area contributed by atoms with Crippen molar-refractivity contribution < 1.29 is 24.2 Å². The first-order valence-electron chi connectivity index (χ1n) is 8.54. The van der Waals surface area contributed by atoms with Gasteiger partial charge in [0.15, 0.2) is 6.10 Å². The molecule has 2 aliphatic heterocycles. The zero-order chi connectivity index (χ0) is 18.0. The molecule has 7 heteroatoms. The first-order chi connectivity index (χ1) is 12.0. The Hall–Kier alpha value is -2.57. The van der Waals surface area contributed by atoms with E-state index in [2.05, 4.69) is 0 Å². The molecule has 0 aliphatic carbocycles. The van der Waals surface area contributed by atoms with Crippen molar-refractivity contribution in [3.8, 4) is 5.75 Å². The van der Waals surface area contributed by atoms with E-state index >= 15 is 0 Å². The van der Waals surface area contributed by atoms with Crippen LogP contribution in [-0.4, -0.2) is 53.5 Å². The van der Waals surface area contributed by atoms with Crippen molar-refractivity contribution in [1.82, 2.24) is 4.90 Å². The number of carboxylic acids is 1. The Morgan fingerprint density at radius 3 is 2.64 bits per heavy atom. The number of rotatable bonds is 4. The van der Waals surface area contributed by atoms with Crippen LogP contribution in [0.15, 0.2) is 18.2 Å². The molecule has 1 aromatic rings. The second-order valence-corrected chi connectivity index (χ2v) is 6.54. The average molecular weight is 346 g/mol. The van der Waals surface area contributed by atoms with Crippen molar-refractivity contribution in [3.05, 3.63) is 23.8 Å². The first-order valence-corrected chi connectivity index (χ1v) is 8.54. The summed E-state index contributed by atoms with van der Waals surface area (Å²) in [6.45, 7) is 3.21. The molecule has 134 valence electrons. The largest absolute Gasteiger partial charge is 0.481 e. The van der Waals surface area contributed by atoms with E-state index in [1.807, 2.05) is 13.0 Å². The quantitative estimate of drug-likeness (QED) is 0.894. The molecule has 1 saturated heterocycles. The number of likely N-dealkylation sites (tertiary alicyclic amines) is 1. The monoisotopic (exact) mass is 346 g/mol. The minimum absolute atomic E-state index is 0.0885. The fraction of sp³-hybridized carbons (Fsp3) is 0.500. The molecule has 7 nitrogen and oxygen atoms in total. The molecule has 3 rings (SSSR count). The van der Waals surface area contributed by atoms with Crippen molar-refractivity contribution in [3.63, 3.8) is 0 Å². The van der Waals surface area contributed by atoms with Gasteiger partial charge in [0.05, 0.1) is 12.1 Å². The van der Waals surface area contributed by atoms with Crippen molar-refractivity contribution in [1.29, 1.82) is 0 Å². The van der Waals surface area contributed by atoms with Crippen molar-refractivity contribution in [2.75, 3.05) is 24.5 Å². The number of ether oxygens (including phenoxy) is 1. The number of hydrogen-bond acceptors (Lipinski definition) is 4. The van der Waals surface area contributed by atoms with E-state index in [4.69, 9.17) is 9.84 Å². The highest BCUT2D eigenvalue weighted by Gasteiger charge is 2.37. The van der Waals surface area contributed by atoms with Gasteiger partial charge in [0.2, 0.25) is 5.91 Å². The van der Waals surface area contributed by atoms with Crippen LogP contribution in [0.5, 0.6) is 5.75 Å². The first kappa shape index (κ1) is 17.3. The number of amides is 2. The number of aryl methyl sites for hydroxylation is 1. The number of aliphatic carboxylic acids is 1. The fourth-order valence-electron chi connectivity index (χ4n) is 3.26. The summed E-state index contributed by atoms with van der Waals surface area (Å²) in [6, 6.07) is 5.33. The predicted octanol–water partition coefficient (Wildman–Crippen LogP) is 1.58. The van der Waals surface area contributed by atoms with Gasteiger partial charge < -0.3 is 14.7 Å². The molecule has 2 amide bonds. The fourth-order valence-corrected chi connectivity index (χ4v) is 3.26. The predicted molar refractivity (Wildman–Crippen MR) is 90.6 cm³/mol. The second-order valence-electron chi connectivity index (χ2n) is 6.54. The van der Waals surface area contributed by atoms with Crippen molar-refractivity contribution >= 4 is 23.5 Å². The minimum Gasteiger partial charge on any atom is -0.481 e. The van der Waals surface area contributed by atoms with Gasteiger partial charge in [-0.1, -0.05) is 6.07 Å². The number of nitrogens with zero attached hydrogens (tertiary/aromatic N) is 2. The van der Waals surface area contributed by atoms with Gasteiger partial charge >= 0.3 is 5.97 Å². The third-order valence-electron chi connectivity index (χ3n) is 4.58. The Bertz CT molecular complexity index is 697. The number of hydrogen-bond donors (Lipinski definition) is 1. The molecule has 1 N–H and O–H groups in total. The Balaban J connectivity index is 1.86. The molecule has 0 spiro atoms. The standard InChI is InChI=1S/C18H22N2O5/c1-12-5-6-14-13(9-12)20(18(24)15(25-14)10-17(22)23)11-16(21)19-7-3-2-4-8-19/h5-6,9,15H,2-4,7-8,10-11H2,1H3,(H,22,23). The Kier molecular flexibility index (Phi) is 4.92. The smallest absolute Gasteiger partial charge is 0.307 e. The minimum atomic E-state index is -1.11. The summed E-state index contributed by atoms with van der Waals surface area (Å²) in [7, 11) is 0. The van der Waals surface area contributed by atoms with Gasteiger partial charge in [-0.3, -0.25) is 19.3 Å². The molecule has 0 bridgehead atoms. The molecule has 1 fully saturated rings. The summed E-state index contributed by atoms with van der Waals surface area (Å²) >= 11 is 0. The summed E-state index contributed by atoms with van der Waals surface area (Å²) in [6.07, 6.45) is 1.52. The van der Waals surface area contributed by atoms with Gasteiger partial charge in [0, 0.05) is 13.1 Å². The summed E-state index contributed by atoms with van der Waals surface area (Å²) in [4.78, 5) is 39.5. The highest BCUT2D eigenvalue weighted by molar-refractivity contribution is 6.05. The maximum absolute atomic E-state index is 12.7. The molecule has 2 aliphatic rings. The molecule has 0 saturated carbocycles. The zero-order valence-electron chi connectivity index (χ0n) is 14.2. The van der Waals surface area contributed by atoms with Crippen LogP contribution in [0.25, 0.3) is 0 Å². The number of carbonyl (C=O) groups excluding carboxylic acids is 2. The topological polar surface area (TPSA) is 87.2 Å². The van der Waals surface area contributed by atoms with Gasteiger partial charge in [-0.05, 0) is 43.9 Å². The van der Waals surface area contributed by atoms with Crippen LogP contribution in [0.1, 0.15) is 31.2 Å². The molecule has 1 unspecified atom stereocenters. The molecule has 25 heavy (non-hydrogen) atoms. The lowest BCUT2D eigenvalue weighted by Gasteiger charge is -2.35. The highest BCUT2D eigenvalue weighted by atomic mass is 16.5. The van der Waals surface area contributed by atoms with Crippen LogP contribution in [-0.2, 0) is 14.4 Å². The third kappa shape index (κ3) is 3.75. The van der Waals surface area contributed by atoms with E-state index in [1.165, 1.54) is 4.90 Å². The number of carbonyl (C=O) groups is 3. The van der Waals surface area contributed by atoms with Crippen LogP contribution < -0.4 is 9.64 Å². The van der Waals surface area contributed by atoms with Crippen LogP contribution in [0, 0.1) is 6.92 Å². The number of fused-ring (bicyclic) bond motifs is 1. The van der Waals surface area contributed by atoms with E-state index in [0.717, 1.165) is 24.8 Å². The summed E-state index contributed by atoms with van der Waals surface area (Å²) in [5, 5.41) is 9.02. The summed E-state index contributed by atoms with van der Waals surface area (Å²) in [5.41, 5.74) is 1.46.